The lowest BCUT2D eigenvalue weighted by atomic mass is 10.3. The van der Waals surface area contributed by atoms with E-state index in [1.165, 1.54) is 7.11 Å². The summed E-state index contributed by atoms with van der Waals surface area (Å²) < 4.78 is 6.45. The van der Waals surface area contributed by atoms with E-state index in [4.69, 9.17) is 4.74 Å². The fourth-order valence-electron chi connectivity index (χ4n) is 1.22. The van der Waals surface area contributed by atoms with Crippen LogP contribution in [-0.4, -0.2) is 21.6 Å². The van der Waals surface area contributed by atoms with Gasteiger partial charge in [0, 0.05) is 12.0 Å². The second-order valence-corrected chi connectivity index (χ2v) is 2.54. The topological polar surface area (TPSA) is 70.2 Å². The summed E-state index contributed by atoms with van der Waals surface area (Å²) in [6.45, 7) is 1.84. The molecule has 0 atom stereocenters. The Labute approximate surface area is 75.3 Å². The Kier molecular flexibility index (Phi) is 2.50. The van der Waals surface area contributed by atoms with E-state index in [1.807, 2.05) is 6.92 Å². The lowest BCUT2D eigenvalue weighted by molar-refractivity contribution is -0.390. The van der Waals surface area contributed by atoms with Gasteiger partial charge in [0.1, 0.15) is 5.69 Å². The Bertz CT molecular complexity index is 332. The Morgan fingerprint density at radius 3 is 2.62 bits per heavy atom. The summed E-state index contributed by atoms with van der Waals surface area (Å²) in [6.07, 6.45) is 0.559. The van der Waals surface area contributed by atoms with Gasteiger partial charge in [-0.25, -0.2) is 0 Å². The van der Waals surface area contributed by atoms with Crippen molar-refractivity contribution in [1.29, 1.82) is 0 Å². The van der Waals surface area contributed by atoms with Crippen molar-refractivity contribution in [3.05, 3.63) is 15.8 Å². The molecule has 0 unspecified atom stereocenters. The van der Waals surface area contributed by atoms with Crippen LogP contribution in [0.25, 0.3) is 0 Å². The predicted octanol–water partition coefficient (Wildman–Crippen LogP) is 0.899. The lowest BCUT2D eigenvalue weighted by Gasteiger charge is -1.97. The van der Waals surface area contributed by atoms with Crippen LogP contribution in [0, 0.1) is 10.1 Å². The van der Waals surface area contributed by atoms with Crippen LogP contribution in [0.2, 0.25) is 0 Å². The molecule has 0 radical (unpaired) electrons. The molecule has 0 aliphatic rings. The Morgan fingerprint density at radius 1 is 1.69 bits per heavy atom. The number of methoxy groups -OCH3 is 1. The molecule has 0 saturated heterocycles. The predicted molar refractivity (Wildman–Crippen MR) is 45.8 cm³/mol. The van der Waals surface area contributed by atoms with E-state index < -0.39 is 4.92 Å². The fraction of sp³-hybridized carbons (Fsp3) is 0.571. The van der Waals surface area contributed by atoms with E-state index in [9.17, 15) is 10.1 Å². The number of hydrogen-bond donors (Lipinski definition) is 0. The van der Waals surface area contributed by atoms with Crippen molar-refractivity contribution in [3.8, 4) is 6.01 Å². The first-order chi connectivity index (χ1) is 6.11. The van der Waals surface area contributed by atoms with Gasteiger partial charge in [-0.2, -0.15) is 0 Å². The van der Waals surface area contributed by atoms with Crippen LogP contribution in [0.3, 0.4) is 0 Å². The molecule has 0 fully saturated rings. The van der Waals surface area contributed by atoms with Crippen molar-refractivity contribution < 1.29 is 9.66 Å². The van der Waals surface area contributed by atoms with Crippen molar-refractivity contribution in [2.75, 3.05) is 7.11 Å². The molecule has 1 aromatic rings. The highest BCUT2D eigenvalue weighted by molar-refractivity contribution is 5.31. The van der Waals surface area contributed by atoms with Gasteiger partial charge < -0.3 is 14.9 Å². The third-order valence-electron chi connectivity index (χ3n) is 1.84. The Hall–Kier alpha value is -1.59. The van der Waals surface area contributed by atoms with Gasteiger partial charge in [0.25, 0.3) is 0 Å². The monoisotopic (exact) mass is 185 g/mol. The summed E-state index contributed by atoms with van der Waals surface area (Å²) in [5, 5.41) is 10.5. The highest BCUT2D eigenvalue weighted by Gasteiger charge is 2.24. The number of rotatable bonds is 3. The normalized spacial score (nSPS) is 10.1. The first kappa shape index (κ1) is 9.50. The third-order valence-corrected chi connectivity index (χ3v) is 1.84. The second-order valence-electron chi connectivity index (χ2n) is 2.54. The summed E-state index contributed by atoms with van der Waals surface area (Å²) in [7, 11) is 3.13. The molecule has 72 valence electrons. The zero-order chi connectivity index (χ0) is 10.0. The third kappa shape index (κ3) is 1.47. The molecule has 1 heterocycles. The minimum Gasteiger partial charge on any atom is -0.449 e. The largest absolute Gasteiger partial charge is 0.449 e. The van der Waals surface area contributed by atoms with Gasteiger partial charge in [0.2, 0.25) is 0 Å². The SMILES string of the molecule is CCc1c([N+](=O)[O-])nc(OC)n1C. The average molecular weight is 185 g/mol. The molecule has 0 spiro atoms. The molecule has 1 rings (SSSR count). The van der Waals surface area contributed by atoms with Gasteiger partial charge in [-0.3, -0.25) is 4.57 Å². The lowest BCUT2D eigenvalue weighted by Crippen LogP contribution is -1.99. The highest BCUT2D eigenvalue weighted by atomic mass is 16.6. The molecule has 0 aromatic carbocycles. The summed E-state index contributed by atoms with van der Waals surface area (Å²) in [5.41, 5.74) is 0.571. The first-order valence-corrected chi connectivity index (χ1v) is 3.85. The van der Waals surface area contributed by atoms with Gasteiger partial charge >= 0.3 is 11.8 Å². The molecule has 6 heteroatoms. The van der Waals surface area contributed by atoms with E-state index in [1.54, 1.807) is 11.6 Å². The zero-order valence-corrected chi connectivity index (χ0v) is 7.77. The molecule has 0 aliphatic heterocycles. The standard InChI is InChI=1S/C7H11N3O3/c1-4-5-6(10(11)12)8-7(13-3)9(5)2/h4H2,1-3H3. The summed E-state index contributed by atoms with van der Waals surface area (Å²) >= 11 is 0. The van der Waals surface area contributed by atoms with Crippen molar-refractivity contribution in [3.63, 3.8) is 0 Å². The second kappa shape index (κ2) is 3.42. The number of ether oxygens (including phenoxy) is 1. The number of nitro groups is 1. The molecule has 0 amide bonds. The Balaban J connectivity index is 3.27. The summed E-state index contributed by atoms with van der Waals surface area (Å²) in [5.74, 6) is -0.123. The smallest absolute Gasteiger partial charge is 0.413 e. The molecule has 6 nitrogen and oxygen atoms in total. The first-order valence-electron chi connectivity index (χ1n) is 3.85. The van der Waals surface area contributed by atoms with Crippen molar-refractivity contribution in [1.82, 2.24) is 9.55 Å². The van der Waals surface area contributed by atoms with Crippen molar-refractivity contribution in [2.24, 2.45) is 7.05 Å². The van der Waals surface area contributed by atoms with E-state index in [2.05, 4.69) is 4.98 Å². The fourth-order valence-corrected chi connectivity index (χ4v) is 1.22. The van der Waals surface area contributed by atoms with Gasteiger partial charge in [-0.15, -0.1) is 0 Å². The van der Waals surface area contributed by atoms with Crippen LogP contribution >= 0.6 is 0 Å². The molecule has 13 heavy (non-hydrogen) atoms. The van der Waals surface area contributed by atoms with Crippen LogP contribution in [0.4, 0.5) is 5.82 Å². The molecule has 1 aromatic heterocycles. The van der Waals surface area contributed by atoms with Crippen LogP contribution < -0.4 is 4.74 Å². The van der Waals surface area contributed by atoms with E-state index in [0.717, 1.165) is 0 Å². The highest BCUT2D eigenvalue weighted by Crippen LogP contribution is 2.22. The quantitative estimate of drug-likeness (QED) is 0.518. The number of nitrogens with zero attached hydrogens (tertiary/aromatic N) is 3. The van der Waals surface area contributed by atoms with Crippen LogP contribution in [-0.2, 0) is 13.5 Å². The average Bonchev–Trinajstić information content (AvgIpc) is 2.42. The Morgan fingerprint density at radius 2 is 2.31 bits per heavy atom. The molecule has 0 saturated carbocycles. The maximum absolute atomic E-state index is 10.5. The van der Waals surface area contributed by atoms with Gasteiger partial charge in [0.05, 0.1) is 7.11 Å². The van der Waals surface area contributed by atoms with Crippen LogP contribution in [0.1, 0.15) is 12.6 Å². The number of aromatic nitrogens is 2. The molecular formula is C7H11N3O3. The van der Waals surface area contributed by atoms with E-state index >= 15 is 0 Å². The minimum absolute atomic E-state index is 0.123. The molecule has 0 bridgehead atoms. The zero-order valence-electron chi connectivity index (χ0n) is 7.77. The number of hydrogen-bond acceptors (Lipinski definition) is 4. The van der Waals surface area contributed by atoms with E-state index in [0.29, 0.717) is 12.1 Å². The van der Waals surface area contributed by atoms with Gasteiger partial charge in [0.15, 0.2) is 0 Å². The van der Waals surface area contributed by atoms with Crippen LogP contribution in [0.5, 0.6) is 6.01 Å². The van der Waals surface area contributed by atoms with E-state index in [-0.39, 0.29) is 11.8 Å². The summed E-state index contributed by atoms with van der Waals surface area (Å²) in [4.78, 5) is 13.8. The van der Waals surface area contributed by atoms with Crippen molar-refractivity contribution in [2.45, 2.75) is 13.3 Å². The summed E-state index contributed by atoms with van der Waals surface area (Å²) in [6, 6.07) is 0.267. The van der Waals surface area contributed by atoms with Gasteiger partial charge in [-0.05, 0) is 11.3 Å². The maximum Gasteiger partial charge on any atom is 0.413 e. The number of imidazole rings is 1. The van der Waals surface area contributed by atoms with Crippen LogP contribution in [0.15, 0.2) is 0 Å². The van der Waals surface area contributed by atoms with Crippen molar-refractivity contribution >= 4 is 5.82 Å². The molecular weight excluding hydrogens is 174 g/mol. The maximum atomic E-state index is 10.5. The van der Waals surface area contributed by atoms with Gasteiger partial charge in [-0.1, -0.05) is 6.92 Å². The molecule has 0 N–H and O–H groups in total. The molecule has 0 aliphatic carbocycles. The minimum atomic E-state index is -0.499.